The molecule has 1 atom stereocenters. The standard InChI is InChI=1S/C13H20BrFN2/c1-3-7-17(4-2)13(9-16)11-6-5-10(15)8-12(11)14/h5-6,8,13H,3-4,7,9,16H2,1-2H3. The molecule has 4 heteroatoms. The van der Waals surface area contributed by atoms with Crippen LogP contribution in [-0.4, -0.2) is 24.5 Å². The molecule has 2 nitrogen and oxygen atoms in total. The summed E-state index contributed by atoms with van der Waals surface area (Å²) in [6.45, 7) is 6.76. The van der Waals surface area contributed by atoms with Gasteiger partial charge < -0.3 is 5.73 Å². The molecular formula is C13H20BrFN2. The molecule has 0 aliphatic rings. The summed E-state index contributed by atoms with van der Waals surface area (Å²) in [5, 5.41) is 0. The monoisotopic (exact) mass is 302 g/mol. The Bertz CT molecular complexity index is 357. The lowest BCUT2D eigenvalue weighted by Gasteiger charge is -2.30. The fourth-order valence-corrected chi connectivity index (χ4v) is 2.68. The quantitative estimate of drug-likeness (QED) is 0.873. The summed E-state index contributed by atoms with van der Waals surface area (Å²) in [5.74, 6) is -0.227. The molecule has 2 N–H and O–H groups in total. The lowest BCUT2D eigenvalue weighted by Crippen LogP contribution is -2.34. The van der Waals surface area contributed by atoms with E-state index in [9.17, 15) is 4.39 Å². The van der Waals surface area contributed by atoms with Gasteiger partial charge >= 0.3 is 0 Å². The first-order chi connectivity index (χ1) is 8.13. The van der Waals surface area contributed by atoms with Crippen LogP contribution in [0.15, 0.2) is 22.7 Å². The van der Waals surface area contributed by atoms with Crippen molar-refractivity contribution < 1.29 is 4.39 Å². The number of benzene rings is 1. The minimum absolute atomic E-state index is 0.148. The van der Waals surface area contributed by atoms with Gasteiger partial charge in [0.1, 0.15) is 5.82 Å². The van der Waals surface area contributed by atoms with Gasteiger partial charge in [-0.3, -0.25) is 4.90 Å². The van der Waals surface area contributed by atoms with Crippen LogP contribution in [0.25, 0.3) is 0 Å². The van der Waals surface area contributed by atoms with E-state index in [2.05, 4.69) is 34.7 Å². The van der Waals surface area contributed by atoms with Crippen molar-refractivity contribution in [2.24, 2.45) is 5.73 Å². The van der Waals surface area contributed by atoms with Crippen molar-refractivity contribution in [1.29, 1.82) is 0 Å². The Balaban J connectivity index is 2.99. The Hall–Kier alpha value is -0.450. The second-order valence-electron chi connectivity index (χ2n) is 4.05. The van der Waals surface area contributed by atoms with E-state index in [0.29, 0.717) is 6.54 Å². The molecule has 0 amide bonds. The topological polar surface area (TPSA) is 29.3 Å². The molecule has 17 heavy (non-hydrogen) atoms. The molecule has 0 aliphatic heterocycles. The predicted molar refractivity (Wildman–Crippen MR) is 73.4 cm³/mol. The van der Waals surface area contributed by atoms with Crippen molar-refractivity contribution >= 4 is 15.9 Å². The van der Waals surface area contributed by atoms with Crippen molar-refractivity contribution in [3.05, 3.63) is 34.1 Å². The molecule has 1 unspecified atom stereocenters. The Kier molecular flexibility index (Phi) is 6.09. The Morgan fingerprint density at radius 2 is 2.12 bits per heavy atom. The SMILES string of the molecule is CCCN(CC)C(CN)c1ccc(F)cc1Br. The zero-order valence-electron chi connectivity index (χ0n) is 10.4. The minimum atomic E-state index is -0.227. The maximum Gasteiger partial charge on any atom is 0.124 e. The van der Waals surface area contributed by atoms with Gasteiger partial charge in [0.05, 0.1) is 0 Å². The number of hydrogen-bond donors (Lipinski definition) is 1. The predicted octanol–water partition coefficient (Wildman–Crippen LogP) is 3.32. The van der Waals surface area contributed by atoms with Crippen LogP contribution in [0.2, 0.25) is 0 Å². The van der Waals surface area contributed by atoms with Crippen LogP contribution in [0.3, 0.4) is 0 Å². The largest absolute Gasteiger partial charge is 0.329 e. The minimum Gasteiger partial charge on any atom is -0.329 e. The summed E-state index contributed by atoms with van der Waals surface area (Å²) < 4.78 is 13.9. The number of likely N-dealkylation sites (N-methyl/N-ethyl adjacent to an activating group) is 1. The van der Waals surface area contributed by atoms with Crippen molar-refractivity contribution in [2.45, 2.75) is 26.3 Å². The number of nitrogens with two attached hydrogens (primary N) is 1. The van der Waals surface area contributed by atoms with Crippen molar-refractivity contribution in [3.8, 4) is 0 Å². The van der Waals surface area contributed by atoms with Gasteiger partial charge in [-0.2, -0.15) is 0 Å². The first-order valence-corrected chi connectivity index (χ1v) is 6.82. The molecule has 0 aliphatic carbocycles. The number of nitrogens with zero attached hydrogens (tertiary/aromatic N) is 1. The van der Waals surface area contributed by atoms with Gasteiger partial charge in [0.15, 0.2) is 0 Å². The number of hydrogen-bond acceptors (Lipinski definition) is 2. The lowest BCUT2D eigenvalue weighted by atomic mass is 10.0. The molecule has 0 radical (unpaired) electrons. The molecule has 0 saturated carbocycles. The zero-order chi connectivity index (χ0) is 12.8. The van der Waals surface area contributed by atoms with Crippen molar-refractivity contribution in [3.63, 3.8) is 0 Å². The molecule has 1 aromatic rings. The second-order valence-corrected chi connectivity index (χ2v) is 4.90. The Morgan fingerprint density at radius 1 is 1.41 bits per heavy atom. The first kappa shape index (κ1) is 14.6. The lowest BCUT2D eigenvalue weighted by molar-refractivity contribution is 0.212. The van der Waals surface area contributed by atoms with Crippen molar-refractivity contribution in [2.75, 3.05) is 19.6 Å². The Morgan fingerprint density at radius 3 is 2.59 bits per heavy atom. The zero-order valence-corrected chi connectivity index (χ0v) is 12.0. The van der Waals surface area contributed by atoms with Crippen LogP contribution < -0.4 is 5.73 Å². The third-order valence-corrected chi connectivity index (χ3v) is 3.59. The average molecular weight is 303 g/mol. The summed E-state index contributed by atoms with van der Waals surface area (Å²) in [6, 6.07) is 4.95. The van der Waals surface area contributed by atoms with Crippen LogP contribution in [0.4, 0.5) is 4.39 Å². The molecule has 0 saturated heterocycles. The molecule has 1 aromatic carbocycles. The summed E-state index contributed by atoms with van der Waals surface area (Å²) >= 11 is 3.41. The van der Waals surface area contributed by atoms with Gasteiger partial charge in [-0.1, -0.05) is 35.8 Å². The molecule has 0 heterocycles. The molecule has 0 aromatic heterocycles. The molecule has 1 rings (SSSR count). The van der Waals surface area contributed by atoms with Gasteiger partial charge in [-0.15, -0.1) is 0 Å². The van der Waals surface area contributed by atoms with E-state index in [1.165, 1.54) is 12.1 Å². The molecule has 0 bridgehead atoms. The number of rotatable bonds is 6. The van der Waals surface area contributed by atoms with E-state index in [-0.39, 0.29) is 11.9 Å². The van der Waals surface area contributed by atoms with Crippen LogP contribution in [-0.2, 0) is 0 Å². The van der Waals surface area contributed by atoms with Crippen LogP contribution in [0, 0.1) is 5.82 Å². The van der Waals surface area contributed by atoms with Crippen LogP contribution in [0.1, 0.15) is 31.9 Å². The van der Waals surface area contributed by atoms with Gasteiger partial charge in [-0.05, 0) is 37.2 Å². The molecule has 0 spiro atoms. The summed E-state index contributed by atoms with van der Waals surface area (Å²) in [4.78, 5) is 2.32. The second kappa shape index (κ2) is 7.09. The first-order valence-electron chi connectivity index (χ1n) is 6.03. The highest BCUT2D eigenvalue weighted by atomic mass is 79.9. The van der Waals surface area contributed by atoms with Gasteiger partial charge in [0.25, 0.3) is 0 Å². The molecule has 96 valence electrons. The molecule has 0 fully saturated rings. The van der Waals surface area contributed by atoms with E-state index in [4.69, 9.17) is 5.73 Å². The van der Waals surface area contributed by atoms with E-state index >= 15 is 0 Å². The third kappa shape index (κ3) is 3.76. The summed E-state index contributed by atoms with van der Waals surface area (Å²) in [6.07, 6.45) is 1.09. The highest BCUT2D eigenvalue weighted by Crippen LogP contribution is 2.28. The summed E-state index contributed by atoms with van der Waals surface area (Å²) in [7, 11) is 0. The van der Waals surface area contributed by atoms with E-state index in [0.717, 1.165) is 29.5 Å². The Labute approximate surface area is 111 Å². The third-order valence-electron chi connectivity index (χ3n) is 2.90. The van der Waals surface area contributed by atoms with Crippen LogP contribution >= 0.6 is 15.9 Å². The highest BCUT2D eigenvalue weighted by molar-refractivity contribution is 9.10. The van der Waals surface area contributed by atoms with Gasteiger partial charge in [-0.25, -0.2) is 4.39 Å². The average Bonchev–Trinajstić information content (AvgIpc) is 2.31. The van der Waals surface area contributed by atoms with Crippen molar-refractivity contribution in [1.82, 2.24) is 4.90 Å². The fourth-order valence-electron chi connectivity index (χ4n) is 2.07. The van der Waals surface area contributed by atoms with E-state index in [1.54, 1.807) is 0 Å². The smallest absolute Gasteiger partial charge is 0.124 e. The maximum atomic E-state index is 13.1. The van der Waals surface area contributed by atoms with Gasteiger partial charge in [0.2, 0.25) is 0 Å². The normalized spacial score (nSPS) is 13.1. The highest BCUT2D eigenvalue weighted by Gasteiger charge is 2.19. The summed E-state index contributed by atoms with van der Waals surface area (Å²) in [5.41, 5.74) is 6.92. The number of halogens is 2. The maximum absolute atomic E-state index is 13.1. The van der Waals surface area contributed by atoms with E-state index < -0.39 is 0 Å². The van der Waals surface area contributed by atoms with E-state index in [1.807, 2.05) is 6.07 Å². The van der Waals surface area contributed by atoms with Crippen LogP contribution in [0.5, 0.6) is 0 Å². The fraction of sp³-hybridized carbons (Fsp3) is 0.538. The molecular weight excluding hydrogens is 283 g/mol. The van der Waals surface area contributed by atoms with Gasteiger partial charge in [0, 0.05) is 17.1 Å².